The summed E-state index contributed by atoms with van der Waals surface area (Å²) in [6.45, 7) is 2.34. The third-order valence-corrected chi connectivity index (χ3v) is 3.67. The van der Waals surface area contributed by atoms with Crippen LogP contribution in [0, 0.1) is 0 Å². The number of nitrogens with one attached hydrogen (secondary N) is 1. The number of pyridine rings is 1. The van der Waals surface area contributed by atoms with Gasteiger partial charge in [-0.2, -0.15) is 0 Å². The average Bonchev–Trinajstić information content (AvgIpc) is 2.39. The SMILES string of the molecule is CN1CCCC(Nc2cccc3ccncc23)C1. The molecule has 1 atom stereocenters. The van der Waals surface area contributed by atoms with E-state index in [-0.39, 0.29) is 0 Å². The van der Waals surface area contributed by atoms with Gasteiger partial charge in [-0.05, 0) is 44.0 Å². The van der Waals surface area contributed by atoms with Gasteiger partial charge in [-0.15, -0.1) is 0 Å². The number of fused-ring (bicyclic) bond motifs is 1. The maximum absolute atomic E-state index is 4.23. The highest BCUT2D eigenvalue weighted by atomic mass is 15.1. The lowest BCUT2D eigenvalue weighted by Gasteiger charge is -2.31. The summed E-state index contributed by atoms with van der Waals surface area (Å²) in [7, 11) is 2.19. The highest BCUT2D eigenvalue weighted by Gasteiger charge is 2.17. The molecule has 1 aromatic carbocycles. The van der Waals surface area contributed by atoms with Gasteiger partial charge in [-0.1, -0.05) is 12.1 Å². The van der Waals surface area contributed by atoms with Crippen molar-refractivity contribution >= 4 is 16.5 Å². The maximum Gasteiger partial charge on any atom is 0.0438 e. The van der Waals surface area contributed by atoms with E-state index in [0.29, 0.717) is 6.04 Å². The number of hydrogen-bond acceptors (Lipinski definition) is 3. The fourth-order valence-electron chi connectivity index (χ4n) is 2.74. The molecule has 1 fully saturated rings. The Morgan fingerprint density at radius 2 is 2.28 bits per heavy atom. The van der Waals surface area contributed by atoms with Crippen LogP contribution in [0.1, 0.15) is 12.8 Å². The molecule has 0 amide bonds. The first-order chi connectivity index (χ1) is 8.83. The number of anilines is 1. The molecule has 1 aromatic heterocycles. The van der Waals surface area contributed by atoms with E-state index in [9.17, 15) is 0 Å². The van der Waals surface area contributed by atoms with Crippen molar-refractivity contribution in [3.63, 3.8) is 0 Å². The molecule has 94 valence electrons. The quantitative estimate of drug-likeness (QED) is 0.876. The van der Waals surface area contributed by atoms with Crippen LogP contribution in [-0.2, 0) is 0 Å². The predicted octanol–water partition coefficient (Wildman–Crippen LogP) is 2.74. The number of hydrogen-bond donors (Lipinski definition) is 1. The van der Waals surface area contributed by atoms with Crippen molar-refractivity contribution in [2.45, 2.75) is 18.9 Å². The normalized spacial score (nSPS) is 21.1. The molecule has 3 heteroatoms. The van der Waals surface area contributed by atoms with E-state index in [1.807, 2.05) is 12.4 Å². The number of likely N-dealkylation sites (N-methyl/N-ethyl adjacent to an activating group) is 1. The van der Waals surface area contributed by atoms with Crippen LogP contribution < -0.4 is 5.32 Å². The molecule has 3 nitrogen and oxygen atoms in total. The zero-order valence-corrected chi connectivity index (χ0v) is 10.8. The van der Waals surface area contributed by atoms with Crippen LogP contribution in [0.15, 0.2) is 36.7 Å². The van der Waals surface area contributed by atoms with Gasteiger partial charge in [0.25, 0.3) is 0 Å². The molecule has 1 aliphatic rings. The van der Waals surface area contributed by atoms with Crippen LogP contribution in [0.2, 0.25) is 0 Å². The summed E-state index contributed by atoms with van der Waals surface area (Å²) in [5, 5.41) is 6.14. The molecule has 2 heterocycles. The Labute approximate surface area is 108 Å². The largest absolute Gasteiger partial charge is 0.380 e. The van der Waals surface area contributed by atoms with Crippen molar-refractivity contribution in [2.24, 2.45) is 0 Å². The molecular weight excluding hydrogens is 222 g/mol. The van der Waals surface area contributed by atoms with Gasteiger partial charge in [-0.3, -0.25) is 4.98 Å². The minimum absolute atomic E-state index is 0.551. The van der Waals surface area contributed by atoms with E-state index in [4.69, 9.17) is 0 Å². The van der Waals surface area contributed by atoms with Gasteiger partial charge in [0, 0.05) is 36.1 Å². The fourth-order valence-corrected chi connectivity index (χ4v) is 2.74. The van der Waals surface area contributed by atoms with Gasteiger partial charge in [0.05, 0.1) is 0 Å². The summed E-state index contributed by atoms with van der Waals surface area (Å²) < 4.78 is 0. The Balaban J connectivity index is 1.86. The molecule has 0 aliphatic carbocycles. The summed E-state index contributed by atoms with van der Waals surface area (Å²) in [5.41, 5.74) is 1.21. The molecule has 18 heavy (non-hydrogen) atoms. The maximum atomic E-state index is 4.23. The second kappa shape index (κ2) is 4.94. The zero-order valence-electron chi connectivity index (χ0n) is 10.8. The van der Waals surface area contributed by atoms with Crippen LogP contribution >= 0.6 is 0 Å². The van der Waals surface area contributed by atoms with Crippen molar-refractivity contribution in [1.29, 1.82) is 0 Å². The van der Waals surface area contributed by atoms with Gasteiger partial charge in [0.1, 0.15) is 0 Å². The van der Waals surface area contributed by atoms with Crippen LogP contribution in [0.25, 0.3) is 10.8 Å². The van der Waals surface area contributed by atoms with E-state index in [0.717, 1.165) is 6.54 Å². The Hall–Kier alpha value is -1.61. The van der Waals surface area contributed by atoms with Crippen molar-refractivity contribution in [2.75, 3.05) is 25.5 Å². The first-order valence-corrected chi connectivity index (χ1v) is 6.61. The number of rotatable bonds is 2. The van der Waals surface area contributed by atoms with Crippen LogP contribution in [0.5, 0.6) is 0 Å². The Morgan fingerprint density at radius 1 is 1.33 bits per heavy atom. The standard InChI is InChI=1S/C15H19N3/c1-18-9-3-5-13(11-18)17-15-6-2-4-12-7-8-16-10-14(12)15/h2,4,6-8,10,13,17H,3,5,9,11H2,1H3. The molecular formula is C15H19N3. The molecule has 1 aliphatic heterocycles. The Kier molecular flexibility index (Phi) is 3.15. The van der Waals surface area contributed by atoms with E-state index < -0.39 is 0 Å². The van der Waals surface area contributed by atoms with Gasteiger partial charge in [-0.25, -0.2) is 0 Å². The van der Waals surface area contributed by atoms with Crippen molar-refractivity contribution in [3.05, 3.63) is 36.7 Å². The summed E-state index contributed by atoms with van der Waals surface area (Å²) in [4.78, 5) is 6.62. The highest BCUT2D eigenvalue weighted by molar-refractivity contribution is 5.93. The first kappa shape index (κ1) is 11.5. The lowest BCUT2D eigenvalue weighted by molar-refractivity contribution is 0.261. The third kappa shape index (κ3) is 2.31. The third-order valence-electron chi connectivity index (χ3n) is 3.67. The van der Waals surface area contributed by atoms with Crippen LogP contribution in [0.3, 0.4) is 0 Å². The molecule has 0 radical (unpaired) electrons. The lowest BCUT2D eigenvalue weighted by Crippen LogP contribution is -2.39. The predicted molar refractivity (Wildman–Crippen MR) is 75.9 cm³/mol. The number of nitrogens with zero attached hydrogens (tertiary/aromatic N) is 2. The van der Waals surface area contributed by atoms with Crippen molar-refractivity contribution < 1.29 is 0 Å². The second-order valence-electron chi connectivity index (χ2n) is 5.15. The number of piperidine rings is 1. The topological polar surface area (TPSA) is 28.2 Å². The van der Waals surface area contributed by atoms with E-state index >= 15 is 0 Å². The lowest BCUT2D eigenvalue weighted by atomic mass is 10.0. The van der Waals surface area contributed by atoms with E-state index in [1.165, 1.54) is 35.8 Å². The molecule has 0 spiro atoms. The minimum atomic E-state index is 0.551. The smallest absolute Gasteiger partial charge is 0.0438 e. The summed E-state index contributed by atoms with van der Waals surface area (Å²) >= 11 is 0. The highest BCUT2D eigenvalue weighted by Crippen LogP contribution is 2.24. The van der Waals surface area contributed by atoms with Crippen molar-refractivity contribution in [3.8, 4) is 0 Å². The first-order valence-electron chi connectivity index (χ1n) is 6.61. The second-order valence-corrected chi connectivity index (χ2v) is 5.15. The molecule has 3 rings (SSSR count). The molecule has 0 bridgehead atoms. The minimum Gasteiger partial charge on any atom is -0.380 e. The van der Waals surface area contributed by atoms with Gasteiger partial charge in [0.15, 0.2) is 0 Å². The Bertz CT molecular complexity index is 533. The molecule has 2 aromatic rings. The van der Waals surface area contributed by atoms with E-state index in [1.54, 1.807) is 0 Å². The number of aromatic nitrogens is 1. The summed E-state index contributed by atoms with van der Waals surface area (Å²) in [6, 6.07) is 9.01. The summed E-state index contributed by atoms with van der Waals surface area (Å²) in [6.07, 6.45) is 6.32. The van der Waals surface area contributed by atoms with Gasteiger partial charge >= 0.3 is 0 Å². The van der Waals surface area contributed by atoms with Crippen LogP contribution in [0.4, 0.5) is 5.69 Å². The van der Waals surface area contributed by atoms with Crippen molar-refractivity contribution in [1.82, 2.24) is 9.88 Å². The molecule has 1 saturated heterocycles. The zero-order chi connectivity index (χ0) is 12.4. The molecule has 1 N–H and O–H groups in total. The average molecular weight is 241 g/mol. The summed E-state index contributed by atoms with van der Waals surface area (Å²) in [5.74, 6) is 0. The Morgan fingerprint density at radius 3 is 3.17 bits per heavy atom. The molecule has 0 saturated carbocycles. The van der Waals surface area contributed by atoms with Crippen LogP contribution in [-0.4, -0.2) is 36.1 Å². The number of likely N-dealkylation sites (tertiary alicyclic amines) is 1. The van der Waals surface area contributed by atoms with E-state index in [2.05, 4.69) is 46.5 Å². The monoisotopic (exact) mass is 241 g/mol. The van der Waals surface area contributed by atoms with Gasteiger partial charge in [0.2, 0.25) is 0 Å². The van der Waals surface area contributed by atoms with Gasteiger partial charge < -0.3 is 10.2 Å². The molecule has 1 unspecified atom stereocenters. The number of benzene rings is 1. The fraction of sp³-hybridized carbons (Fsp3) is 0.400.